The molecule has 1 unspecified atom stereocenters. The van der Waals surface area contributed by atoms with Gasteiger partial charge >= 0.3 is 6.18 Å². The van der Waals surface area contributed by atoms with Crippen LogP contribution in [0.1, 0.15) is 53.0 Å². The minimum atomic E-state index is -4.48. The number of fused-ring (bicyclic) bond motifs is 1. The van der Waals surface area contributed by atoms with Crippen molar-refractivity contribution in [1.29, 1.82) is 0 Å². The molecule has 0 aromatic carbocycles. The number of aryl methyl sites for hydroxylation is 1. The van der Waals surface area contributed by atoms with Gasteiger partial charge in [-0.2, -0.15) is 13.2 Å². The summed E-state index contributed by atoms with van der Waals surface area (Å²) in [7, 11) is 0. The van der Waals surface area contributed by atoms with Crippen LogP contribution in [-0.2, 0) is 11.3 Å². The summed E-state index contributed by atoms with van der Waals surface area (Å²) in [5.74, 6) is -0.185. The largest absolute Gasteiger partial charge is 0.467 e. The fraction of sp³-hybridized carbons (Fsp3) is 0.450. The van der Waals surface area contributed by atoms with Gasteiger partial charge < -0.3 is 15.0 Å². The molecule has 31 heavy (non-hydrogen) atoms. The second-order valence-corrected chi connectivity index (χ2v) is 7.72. The zero-order chi connectivity index (χ0) is 22.3. The summed E-state index contributed by atoms with van der Waals surface area (Å²) in [5.41, 5.74) is 1.87. The summed E-state index contributed by atoms with van der Waals surface area (Å²) < 4.78 is 41.8. The molecule has 11 heteroatoms. The normalized spacial score (nSPS) is 16.8. The highest BCUT2D eigenvalue weighted by Crippen LogP contribution is 2.35. The maximum atomic E-state index is 12.9. The zero-order valence-corrected chi connectivity index (χ0v) is 16.9. The molecule has 8 nitrogen and oxygen atoms in total. The third kappa shape index (κ3) is 4.44. The van der Waals surface area contributed by atoms with Crippen molar-refractivity contribution in [3.63, 3.8) is 0 Å². The molecule has 2 amide bonds. The molecule has 0 bridgehead atoms. The van der Waals surface area contributed by atoms with Gasteiger partial charge in [0.2, 0.25) is 11.8 Å². The van der Waals surface area contributed by atoms with Crippen LogP contribution < -0.4 is 10.1 Å². The summed E-state index contributed by atoms with van der Waals surface area (Å²) in [5, 5.41) is 10.5. The van der Waals surface area contributed by atoms with Gasteiger partial charge in [-0.25, -0.2) is 4.98 Å². The van der Waals surface area contributed by atoms with Gasteiger partial charge in [-0.15, -0.1) is 10.2 Å². The third-order valence-corrected chi connectivity index (χ3v) is 5.29. The van der Waals surface area contributed by atoms with Gasteiger partial charge in [0, 0.05) is 28.8 Å². The molecule has 1 atom stereocenters. The van der Waals surface area contributed by atoms with Crippen LogP contribution in [0.3, 0.4) is 0 Å². The topological polar surface area (TPSA) is 97.3 Å². The average Bonchev–Trinajstić information content (AvgIpc) is 3.50. The zero-order valence-electron chi connectivity index (χ0n) is 16.9. The van der Waals surface area contributed by atoms with E-state index in [2.05, 4.69) is 25.2 Å². The quantitative estimate of drug-likeness (QED) is 0.749. The summed E-state index contributed by atoms with van der Waals surface area (Å²) in [6, 6.07) is 2.64. The fourth-order valence-electron chi connectivity index (χ4n) is 3.39. The van der Waals surface area contributed by atoms with E-state index in [1.807, 2.05) is 0 Å². The van der Waals surface area contributed by atoms with Crippen molar-refractivity contribution in [3.8, 4) is 5.88 Å². The van der Waals surface area contributed by atoms with Crippen molar-refractivity contribution in [2.45, 2.75) is 45.5 Å². The number of aromatic nitrogens is 3. The molecule has 4 rings (SSSR count). The molecule has 1 aliphatic heterocycles. The van der Waals surface area contributed by atoms with Crippen molar-refractivity contribution < 1.29 is 27.5 Å². The number of anilines is 1. The number of hydrogen-bond donors (Lipinski definition) is 1. The molecular formula is C20H20F3N5O3. The van der Waals surface area contributed by atoms with Crippen molar-refractivity contribution in [2.75, 3.05) is 11.9 Å². The van der Waals surface area contributed by atoms with Gasteiger partial charge in [-0.3, -0.25) is 9.59 Å². The number of rotatable bonds is 6. The number of nitrogens with zero attached hydrogens (tertiary/aromatic N) is 4. The van der Waals surface area contributed by atoms with E-state index >= 15 is 0 Å². The smallest absolute Gasteiger partial charge is 0.422 e. The predicted molar refractivity (Wildman–Crippen MR) is 102 cm³/mol. The molecule has 0 saturated heterocycles. The number of hydrogen-bond acceptors (Lipinski definition) is 6. The maximum absolute atomic E-state index is 12.9. The lowest BCUT2D eigenvalue weighted by atomic mass is 10.1. The number of ether oxygens (including phenoxy) is 1. The van der Waals surface area contributed by atoms with E-state index < -0.39 is 18.8 Å². The van der Waals surface area contributed by atoms with Crippen molar-refractivity contribution in [2.24, 2.45) is 5.92 Å². The third-order valence-electron chi connectivity index (χ3n) is 5.29. The van der Waals surface area contributed by atoms with Crippen LogP contribution in [0.4, 0.5) is 19.0 Å². The summed E-state index contributed by atoms with van der Waals surface area (Å²) in [6.07, 6.45) is -1.30. The van der Waals surface area contributed by atoms with E-state index in [0.717, 1.165) is 12.8 Å². The Hall–Kier alpha value is -3.24. The van der Waals surface area contributed by atoms with Gasteiger partial charge in [-0.05, 0) is 38.8 Å². The van der Waals surface area contributed by atoms with Gasteiger partial charge in [0.05, 0.1) is 18.3 Å². The van der Waals surface area contributed by atoms with Gasteiger partial charge in [0.15, 0.2) is 6.61 Å². The molecule has 1 N–H and O–H groups in total. The molecule has 1 fully saturated rings. The molecule has 1 saturated carbocycles. The number of carbonyl (C=O) groups excluding carboxylic acids is 2. The first kappa shape index (κ1) is 21.0. The highest BCUT2D eigenvalue weighted by atomic mass is 19.4. The van der Waals surface area contributed by atoms with Crippen molar-refractivity contribution >= 4 is 17.6 Å². The monoisotopic (exact) mass is 435 g/mol. The molecular weight excluding hydrogens is 415 g/mol. The Bertz CT molecular complexity index is 1040. The van der Waals surface area contributed by atoms with Crippen LogP contribution in [0.2, 0.25) is 0 Å². The number of halogens is 3. The summed E-state index contributed by atoms with van der Waals surface area (Å²) in [4.78, 5) is 30.9. The minimum Gasteiger partial charge on any atom is -0.467 e. The van der Waals surface area contributed by atoms with Crippen LogP contribution in [0.15, 0.2) is 18.3 Å². The number of amides is 2. The molecule has 0 spiro atoms. The molecule has 3 heterocycles. The lowest BCUT2D eigenvalue weighted by Gasteiger charge is -2.24. The summed E-state index contributed by atoms with van der Waals surface area (Å²) >= 11 is 0. The van der Waals surface area contributed by atoms with Crippen LogP contribution >= 0.6 is 0 Å². The van der Waals surface area contributed by atoms with Gasteiger partial charge in [0.1, 0.15) is 5.82 Å². The lowest BCUT2D eigenvalue weighted by molar-refractivity contribution is -0.154. The number of nitrogens with one attached hydrogen (secondary N) is 1. The van der Waals surface area contributed by atoms with E-state index in [4.69, 9.17) is 0 Å². The Labute approximate surface area is 175 Å². The van der Waals surface area contributed by atoms with Crippen LogP contribution in [0, 0.1) is 12.8 Å². The van der Waals surface area contributed by atoms with E-state index in [9.17, 15) is 22.8 Å². The standard InChI is InChI=1S/C20H20F3N5O3/c1-10-7-15(26-27-18(10)31-9-20(21,22)23)11(2)28-8-14-13(19(28)30)5-6-24-16(14)25-17(29)12-3-4-12/h5-7,11-12H,3-4,8-9H2,1-2H3,(H,24,25,29). The number of pyridine rings is 1. The van der Waals surface area contributed by atoms with E-state index in [-0.39, 0.29) is 30.2 Å². The SMILES string of the molecule is Cc1cc(C(C)N2Cc3c(ccnc3NC(=O)C3CC3)C2=O)nnc1OCC(F)(F)F. The Morgan fingerprint density at radius 2 is 2.10 bits per heavy atom. The predicted octanol–water partition coefficient (Wildman–Crippen LogP) is 3.19. The second-order valence-electron chi connectivity index (χ2n) is 7.72. The first-order valence-electron chi connectivity index (χ1n) is 9.77. The molecule has 1 aliphatic carbocycles. The Morgan fingerprint density at radius 3 is 2.74 bits per heavy atom. The first-order valence-corrected chi connectivity index (χ1v) is 9.77. The van der Waals surface area contributed by atoms with Gasteiger partial charge in [0.25, 0.3) is 5.91 Å². The molecule has 2 aromatic heterocycles. The van der Waals surface area contributed by atoms with Crippen LogP contribution in [0.25, 0.3) is 0 Å². The molecule has 2 aromatic rings. The number of carbonyl (C=O) groups is 2. The average molecular weight is 435 g/mol. The van der Waals surface area contributed by atoms with Gasteiger partial charge in [-0.1, -0.05) is 0 Å². The highest BCUT2D eigenvalue weighted by Gasteiger charge is 2.36. The van der Waals surface area contributed by atoms with E-state index in [0.29, 0.717) is 28.2 Å². The Morgan fingerprint density at radius 1 is 1.35 bits per heavy atom. The second kappa shape index (κ2) is 7.78. The fourth-order valence-corrected chi connectivity index (χ4v) is 3.39. The van der Waals surface area contributed by atoms with Crippen molar-refractivity contribution in [3.05, 3.63) is 40.7 Å². The molecule has 164 valence electrons. The van der Waals surface area contributed by atoms with Crippen LogP contribution in [0.5, 0.6) is 5.88 Å². The molecule has 2 aliphatic rings. The minimum absolute atomic E-state index is 0.00103. The van der Waals surface area contributed by atoms with Crippen molar-refractivity contribution in [1.82, 2.24) is 20.1 Å². The van der Waals surface area contributed by atoms with Crippen LogP contribution in [-0.4, -0.2) is 44.7 Å². The van der Waals surface area contributed by atoms with E-state index in [1.54, 1.807) is 30.9 Å². The first-order chi connectivity index (χ1) is 14.6. The maximum Gasteiger partial charge on any atom is 0.422 e. The summed E-state index contributed by atoms with van der Waals surface area (Å²) in [6.45, 7) is 2.07. The molecule has 0 radical (unpaired) electrons. The Balaban J connectivity index is 1.51. The lowest BCUT2D eigenvalue weighted by Crippen LogP contribution is -2.28. The van der Waals surface area contributed by atoms with E-state index in [1.165, 1.54) is 6.20 Å². The number of alkyl halides is 3. The highest BCUT2D eigenvalue weighted by molar-refractivity contribution is 6.02. The Kier molecular flexibility index (Phi) is 5.28.